The van der Waals surface area contributed by atoms with Crippen molar-refractivity contribution in [3.63, 3.8) is 0 Å². The number of benzene rings is 2. The summed E-state index contributed by atoms with van der Waals surface area (Å²) < 4.78 is 7.97. The summed E-state index contributed by atoms with van der Waals surface area (Å²) in [6, 6.07) is 16.6. The average molecular weight is 389 g/mol. The fourth-order valence-corrected chi connectivity index (χ4v) is 3.01. The number of nitrogens with one attached hydrogen (secondary N) is 1. The molecule has 8 heteroatoms. The van der Waals surface area contributed by atoms with Gasteiger partial charge in [0.1, 0.15) is 11.3 Å². The van der Waals surface area contributed by atoms with Gasteiger partial charge in [0, 0.05) is 13.6 Å². The zero-order valence-electron chi connectivity index (χ0n) is 16.0. The van der Waals surface area contributed by atoms with Crippen LogP contribution in [0.4, 0.5) is 0 Å². The molecule has 0 unspecified atom stereocenters. The highest BCUT2D eigenvalue weighted by Gasteiger charge is 2.22. The minimum absolute atomic E-state index is 0.107. The summed E-state index contributed by atoms with van der Waals surface area (Å²) in [5, 5.41) is 7.25. The van der Waals surface area contributed by atoms with E-state index < -0.39 is 5.91 Å². The lowest BCUT2D eigenvalue weighted by molar-refractivity contribution is 0.0947. The van der Waals surface area contributed by atoms with Gasteiger partial charge in [-0.1, -0.05) is 30.3 Å². The van der Waals surface area contributed by atoms with Gasteiger partial charge in [0.25, 0.3) is 11.5 Å². The molecule has 146 valence electrons. The molecule has 0 aliphatic heterocycles. The highest BCUT2D eigenvalue weighted by molar-refractivity contribution is 6.03. The number of carbonyl (C=O) groups excluding carboxylic acids is 1. The fourth-order valence-electron chi connectivity index (χ4n) is 3.01. The maximum absolute atomic E-state index is 12.8. The van der Waals surface area contributed by atoms with Crippen LogP contribution >= 0.6 is 0 Å². The molecule has 0 bridgehead atoms. The summed E-state index contributed by atoms with van der Waals surface area (Å²) >= 11 is 0. The van der Waals surface area contributed by atoms with Crippen LogP contribution in [0.3, 0.4) is 0 Å². The van der Waals surface area contributed by atoms with Gasteiger partial charge in [-0.2, -0.15) is 5.10 Å². The molecule has 1 N–H and O–H groups in total. The first-order chi connectivity index (χ1) is 14.1. The zero-order valence-corrected chi connectivity index (χ0v) is 16.0. The molecule has 0 fully saturated rings. The van der Waals surface area contributed by atoms with Crippen molar-refractivity contribution in [2.24, 2.45) is 7.05 Å². The number of methoxy groups -OCH3 is 1. The Kier molecular flexibility index (Phi) is 4.82. The van der Waals surface area contributed by atoms with E-state index in [0.717, 1.165) is 11.3 Å². The second-order valence-corrected chi connectivity index (χ2v) is 6.48. The maximum atomic E-state index is 12.8. The van der Waals surface area contributed by atoms with E-state index in [0.29, 0.717) is 12.2 Å². The summed E-state index contributed by atoms with van der Waals surface area (Å²) in [5.74, 6) is 0.342. The molecule has 8 nitrogen and oxygen atoms in total. The summed E-state index contributed by atoms with van der Waals surface area (Å²) in [7, 11) is 3.21. The van der Waals surface area contributed by atoms with Crippen LogP contribution in [0, 0.1) is 0 Å². The van der Waals surface area contributed by atoms with Crippen LogP contribution in [0.25, 0.3) is 16.7 Å². The first-order valence-electron chi connectivity index (χ1n) is 8.99. The Morgan fingerprint density at radius 3 is 2.52 bits per heavy atom. The molecule has 0 saturated carbocycles. The summed E-state index contributed by atoms with van der Waals surface area (Å²) in [5.41, 5.74) is 1.95. The average Bonchev–Trinajstić information content (AvgIpc) is 3.16. The SMILES string of the molecule is COc1ccc(CNC(=O)c2nn(-c3ccccc3)c3c(=O)n(C)cnc23)cc1. The lowest BCUT2D eigenvalue weighted by Crippen LogP contribution is -2.24. The quantitative estimate of drug-likeness (QED) is 0.564. The van der Waals surface area contributed by atoms with Crippen molar-refractivity contribution in [3.8, 4) is 11.4 Å². The van der Waals surface area contributed by atoms with Crippen molar-refractivity contribution in [3.05, 3.63) is 82.5 Å². The molecule has 0 saturated heterocycles. The van der Waals surface area contributed by atoms with Gasteiger partial charge in [-0.3, -0.25) is 9.59 Å². The van der Waals surface area contributed by atoms with Gasteiger partial charge in [-0.25, -0.2) is 9.67 Å². The van der Waals surface area contributed by atoms with E-state index in [2.05, 4.69) is 15.4 Å². The standard InChI is InChI=1S/C21H19N5O3/c1-25-13-23-17-18(20(27)22-12-14-8-10-16(29-2)11-9-14)24-26(19(17)21(25)28)15-6-4-3-5-7-15/h3-11,13H,12H2,1-2H3,(H,22,27). The number of rotatable bonds is 5. The predicted octanol–water partition coefficient (Wildman–Crippen LogP) is 2.06. The Bertz CT molecular complexity index is 1230. The van der Waals surface area contributed by atoms with Crippen LogP contribution in [-0.2, 0) is 13.6 Å². The Hall–Kier alpha value is -3.94. The van der Waals surface area contributed by atoms with E-state index in [9.17, 15) is 9.59 Å². The third kappa shape index (κ3) is 3.47. The topological polar surface area (TPSA) is 91.0 Å². The maximum Gasteiger partial charge on any atom is 0.279 e. The molecule has 0 aliphatic carbocycles. The summed E-state index contributed by atoms with van der Waals surface area (Å²) in [4.78, 5) is 29.8. The molecule has 0 aliphatic rings. The number of aromatic nitrogens is 4. The minimum atomic E-state index is -0.402. The Labute approximate surface area is 166 Å². The van der Waals surface area contributed by atoms with Crippen LogP contribution in [0.5, 0.6) is 5.75 Å². The van der Waals surface area contributed by atoms with Crippen LogP contribution in [0.15, 0.2) is 65.7 Å². The number of amides is 1. The monoisotopic (exact) mass is 389 g/mol. The van der Waals surface area contributed by atoms with E-state index in [1.54, 1.807) is 14.2 Å². The summed E-state index contributed by atoms with van der Waals surface area (Å²) in [6.07, 6.45) is 1.39. The molecule has 4 aromatic rings. The highest BCUT2D eigenvalue weighted by atomic mass is 16.5. The molecule has 2 aromatic carbocycles. The van der Waals surface area contributed by atoms with Gasteiger partial charge < -0.3 is 14.6 Å². The largest absolute Gasteiger partial charge is 0.497 e. The lowest BCUT2D eigenvalue weighted by Gasteiger charge is -2.05. The van der Waals surface area contributed by atoms with Crippen molar-refractivity contribution in [2.75, 3.05) is 7.11 Å². The van der Waals surface area contributed by atoms with E-state index in [1.807, 2.05) is 54.6 Å². The van der Waals surface area contributed by atoms with Crippen LogP contribution in [0.1, 0.15) is 16.1 Å². The second-order valence-electron chi connectivity index (χ2n) is 6.48. The van der Waals surface area contributed by atoms with Crippen LogP contribution in [-0.4, -0.2) is 32.3 Å². The van der Waals surface area contributed by atoms with E-state index >= 15 is 0 Å². The molecule has 2 heterocycles. The first kappa shape index (κ1) is 18.4. The van der Waals surface area contributed by atoms with Crippen molar-refractivity contribution in [2.45, 2.75) is 6.54 Å². The lowest BCUT2D eigenvalue weighted by atomic mass is 10.2. The van der Waals surface area contributed by atoms with Crippen LogP contribution < -0.4 is 15.6 Å². The Morgan fingerprint density at radius 1 is 1.10 bits per heavy atom. The molecular formula is C21H19N5O3. The van der Waals surface area contributed by atoms with Crippen molar-refractivity contribution in [1.29, 1.82) is 0 Å². The smallest absolute Gasteiger partial charge is 0.279 e. The number of para-hydroxylation sites is 1. The van der Waals surface area contributed by atoms with Gasteiger partial charge in [-0.15, -0.1) is 0 Å². The van der Waals surface area contributed by atoms with Gasteiger partial charge >= 0.3 is 0 Å². The van der Waals surface area contributed by atoms with Gasteiger partial charge in [0.2, 0.25) is 0 Å². The predicted molar refractivity (Wildman–Crippen MR) is 108 cm³/mol. The van der Waals surface area contributed by atoms with Gasteiger partial charge in [-0.05, 0) is 29.8 Å². The molecule has 4 rings (SSSR count). The van der Waals surface area contributed by atoms with Crippen molar-refractivity contribution in [1.82, 2.24) is 24.6 Å². The molecule has 2 aromatic heterocycles. The number of hydrogen-bond donors (Lipinski definition) is 1. The third-order valence-electron chi connectivity index (χ3n) is 4.57. The van der Waals surface area contributed by atoms with E-state index in [1.165, 1.54) is 15.6 Å². The molecule has 0 atom stereocenters. The third-order valence-corrected chi connectivity index (χ3v) is 4.57. The van der Waals surface area contributed by atoms with Crippen molar-refractivity contribution >= 4 is 16.9 Å². The second kappa shape index (κ2) is 7.59. The number of hydrogen-bond acceptors (Lipinski definition) is 5. The zero-order chi connectivity index (χ0) is 20.4. The molecule has 29 heavy (non-hydrogen) atoms. The first-order valence-corrected chi connectivity index (χ1v) is 8.99. The normalized spacial score (nSPS) is 10.8. The Morgan fingerprint density at radius 2 is 1.83 bits per heavy atom. The molecule has 0 spiro atoms. The number of ether oxygens (including phenoxy) is 1. The van der Waals surface area contributed by atoms with Gasteiger partial charge in [0.05, 0.1) is 19.1 Å². The van der Waals surface area contributed by atoms with E-state index in [4.69, 9.17) is 4.74 Å². The summed E-state index contributed by atoms with van der Waals surface area (Å²) in [6.45, 7) is 0.313. The number of nitrogens with zero attached hydrogens (tertiary/aromatic N) is 4. The molecule has 1 amide bonds. The molecule has 0 radical (unpaired) electrons. The number of aryl methyl sites for hydroxylation is 1. The number of carbonyl (C=O) groups is 1. The Balaban J connectivity index is 1.70. The minimum Gasteiger partial charge on any atom is -0.497 e. The van der Waals surface area contributed by atoms with Crippen molar-refractivity contribution < 1.29 is 9.53 Å². The van der Waals surface area contributed by atoms with E-state index in [-0.39, 0.29) is 22.3 Å². The van der Waals surface area contributed by atoms with Crippen LogP contribution in [0.2, 0.25) is 0 Å². The fraction of sp³-hybridized carbons (Fsp3) is 0.143. The molecular weight excluding hydrogens is 370 g/mol. The van der Waals surface area contributed by atoms with Gasteiger partial charge in [0.15, 0.2) is 11.2 Å². The number of fused-ring (bicyclic) bond motifs is 1. The highest BCUT2D eigenvalue weighted by Crippen LogP contribution is 2.18.